The first-order valence-corrected chi connectivity index (χ1v) is 10.8. The molecule has 31 heavy (non-hydrogen) atoms. The molecule has 0 aliphatic carbocycles. The highest BCUT2D eigenvalue weighted by atomic mass is 32.2. The molecule has 1 amide bonds. The Morgan fingerprint density at radius 2 is 1.87 bits per heavy atom. The minimum Gasteiger partial charge on any atom is -0.325 e. The lowest BCUT2D eigenvalue weighted by atomic mass is 10.1. The van der Waals surface area contributed by atoms with Gasteiger partial charge in [-0.25, -0.2) is 0 Å². The van der Waals surface area contributed by atoms with Crippen molar-refractivity contribution in [2.24, 2.45) is 0 Å². The summed E-state index contributed by atoms with van der Waals surface area (Å²) in [4.78, 5) is 25.8. The standard InChI is InChI=1S/C23H23N5O2S/c1-5-13-27-21(30)17-11-6-7-12-18(17)28-22(27)25-26-23(28)31-16(4)20(29)24-19-14(2)9-8-10-15(19)3/h5-12,16H,1,13H2,2-4H3,(H,24,29). The maximum atomic E-state index is 12.9. The summed E-state index contributed by atoms with van der Waals surface area (Å²) in [5.74, 6) is 0.302. The minimum absolute atomic E-state index is 0.122. The van der Waals surface area contributed by atoms with Crippen molar-refractivity contribution in [1.82, 2.24) is 19.2 Å². The van der Waals surface area contributed by atoms with Gasteiger partial charge in [-0.1, -0.05) is 48.2 Å². The molecule has 8 heteroatoms. The Bertz CT molecular complexity index is 1350. The third kappa shape index (κ3) is 3.74. The molecule has 158 valence electrons. The fourth-order valence-corrected chi connectivity index (χ4v) is 4.41. The summed E-state index contributed by atoms with van der Waals surface area (Å²) >= 11 is 1.30. The summed E-state index contributed by atoms with van der Waals surface area (Å²) in [6.07, 6.45) is 1.65. The molecule has 1 atom stereocenters. The van der Waals surface area contributed by atoms with E-state index >= 15 is 0 Å². The van der Waals surface area contributed by atoms with Gasteiger partial charge in [0, 0.05) is 12.2 Å². The number of nitrogens with zero attached hydrogens (tertiary/aromatic N) is 4. The van der Waals surface area contributed by atoms with Crippen LogP contribution in [0, 0.1) is 13.8 Å². The molecule has 1 unspecified atom stereocenters. The van der Waals surface area contributed by atoms with Gasteiger partial charge in [-0.15, -0.1) is 16.8 Å². The third-order valence-electron chi connectivity index (χ3n) is 5.17. The van der Waals surface area contributed by atoms with Crippen LogP contribution < -0.4 is 10.9 Å². The van der Waals surface area contributed by atoms with Crippen LogP contribution in [0.15, 0.2) is 65.1 Å². The summed E-state index contributed by atoms with van der Waals surface area (Å²) in [7, 11) is 0. The second-order valence-electron chi connectivity index (χ2n) is 7.36. The first kappa shape index (κ1) is 20.9. The van der Waals surface area contributed by atoms with E-state index in [1.165, 1.54) is 16.3 Å². The largest absolute Gasteiger partial charge is 0.325 e. The molecule has 0 aliphatic heterocycles. The van der Waals surface area contributed by atoms with E-state index in [-0.39, 0.29) is 11.5 Å². The van der Waals surface area contributed by atoms with Gasteiger partial charge in [0.2, 0.25) is 11.7 Å². The lowest BCUT2D eigenvalue weighted by Crippen LogP contribution is -2.24. The Balaban J connectivity index is 1.73. The number of rotatable bonds is 6. The average molecular weight is 434 g/mol. The molecular formula is C23H23N5O2S. The van der Waals surface area contributed by atoms with E-state index in [4.69, 9.17) is 0 Å². The van der Waals surface area contributed by atoms with Gasteiger partial charge in [-0.3, -0.25) is 18.6 Å². The monoisotopic (exact) mass is 433 g/mol. The van der Waals surface area contributed by atoms with Crippen LogP contribution in [0.1, 0.15) is 18.1 Å². The Morgan fingerprint density at radius 1 is 1.16 bits per heavy atom. The van der Waals surface area contributed by atoms with Crippen molar-refractivity contribution >= 4 is 40.0 Å². The highest BCUT2D eigenvalue weighted by molar-refractivity contribution is 8.00. The number of para-hydroxylation sites is 2. The van der Waals surface area contributed by atoms with Crippen molar-refractivity contribution in [2.45, 2.75) is 37.7 Å². The summed E-state index contributed by atoms with van der Waals surface area (Å²) in [5, 5.41) is 12.3. The van der Waals surface area contributed by atoms with Crippen LogP contribution in [0.25, 0.3) is 16.7 Å². The van der Waals surface area contributed by atoms with Gasteiger partial charge in [0.1, 0.15) is 0 Å². The van der Waals surface area contributed by atoms with Crippen molar-refractivity contribution in [2.75, 3.05) is 5.32 Å². The molecular weight excluding hydrogens is 410 g/mol. The highest BCUT2D eigenvalue weighted by Crippen LogP contribution is 2.27. The van der Waals surface area contributed by atoms with Crippen LogP contribution in [0.4, 0.5) is 5.69 Å². The molecule has 4 rings (SSSR count). The zero-order valence-electron chi connectivity index (χ0n) is 17.6. The first-order valence-electron chi connectivity index (χ1n) is 9.93. The van der Waals surface area contributed by atoms with Crippen LogP contribution in [0.2, 0.25) is 0 Å². The maximum absolute atomic E-state index is 12.9. The predicted molar refractivity (Wildman–Crippen MR) is 125 cm³/mol. The second-order valence-corrected chi connectivity index (χ2v) is 8.66. The van der Waals surface area contributed by atoms with E-state index in [2.05, 4.69) is 22.1 Å². The number of amides is 1. The number of carbonyl (C=O) groups is 1. The summed E-state index contributed by atoms with van der Waals surface area (Å²) < 4.78 is 3.36. The predicted octanol–water partition coefficient (Wildman–Crippen LogP) is 3.97. The van der Waals surface area contributed by atoms with Gasteiger partial charge in [-0.05, 0) is 44.0 Å². The van der Waals surface area contributed by atoms with Crippen LogP contribution in [0.5, 0.6) is 0 Å². The number of anilines is 1. The van der Waals surface area contributed by atoms with Crippen molar-refractivity contribution in [3.8, 4) is 0 Å². The zero-order valence-corrected chi connectivity index (χ0v) is 18.4. The normalized spacial score (nSPS) is 12.2. The number of nitrogens with one attached hydrogen (secondary N) is 1. The first-order chi connectivity index (χ1) is 14.9. The van der Waals surface area contributed by atoms with E-state index in [9.17, 15) is 9.59 Å². The topological polar surface area (TPSA) is 81.3 Å². The van der Waals surface area contributed by atoms with Gasteiger partial charge in [0.05, 0.1) is 16.2 Å². The van der Waals surface area contributed by atoms with Gasteiger partial charge < -0.3 is 5.32 Å². The quantitative estimate of drug-likeness (QED) is 0.368. The molecule has 4 aromatic rings. The highest BCUT2D eigenvalue weighted by Gasteiger charge is 2.22. The van der Waals surface area contributed by atoms with Crippen molar-refractivity contribution in [3.63, 3.8) is 0 Å². The van der Waals surface area contributed by atoms with E-state index < -0.39 is 5.25 Å². The molecule has 1 N–H and O–H groups in total. The van der Waals surface area contributed by atoms with Gasteiger partial charge in [0.25, 0.3) is 5.56 Å². The number of allylic oxidation sites excluding steroid dienone is 1. The van der Waals surface area contributed by atoms with Crippen LogP contribution in [-0.2, 0) is 11.3 Å². The molecule has 2 aromatic heterocycles. The van der Waals surface area contributed by atoms with E-state index in [1.54, 1.807) is 12.1 Å². The lowest BCUT2D eigenvalue weighted by molar-refractivity contribution is -0.115. The Hall–Kier alpha value is -3.39. The fourth-order valence-electron chi connectivity index (χ4n) is 3.55. The molecule has 0 fully saturated rings. The number of aryl methyl sites for hydroxylation is 2. The number of aromatic nitrogens is 4. The van der Waals surface area contributed by atoms with E-state index in [1.807, 2.05) is 61.6 Å². The number of benzene rings is 2. The SMILES string of the molecule is C=CCn1c(=O)c2ccccc2n2c(SC(C)C(=O)Nc3c(C)cccc3C)nnc12. The molecule has 0 radical (unpaired) electrons. The Kier molecular flexibility index (Phi) is 5.65. The van der Waals surface area contributed by atoms with E-state index in [0.717, 1.165) is 16.8 Å². The van der Waals surface area contributed by atoms with E-state index in [0.29, 0.717) is 28.4 Å². The average Bonchev–Trinajstić information content (AvgIpc) is 3.17. The molecule has 7 nitrogen and oxygen atoms in total. The second kappa shape index (κ2) is 8.39. The Labute approximate surface area is 183 Å². The molecule has 0 aliphatic rings. The molecule has 2 aromatic carbocycles. The number of hydrogen-bond acceptors (Lipinski definition) is 5. The molecule has 0 bridgehead atoms. The number of thioether (sulfide) groups is 1. The van der Waals surface area contributed by atoms with Crippen molar-refractivity contribution < 1.29 is 4.79 Å². The third-order valence-corrected chi connectivity index (χ3v) is 6.21. The lowest BCUT2D eigenvalue weighted by Gasteiger charge is -2.15. The summed E-state index contributed by atoms with van der Waals surface area (Å²) in [6.45, 7) is 9.83. The summed E-state index contributed by atoms with van der Waals surface area (Å²) in [5.41, 5.74) is 3.41. The zero-order chi connectivity index (χ0) is 22.1. The minimum atomic E-state index is -0.426. The smallest absolute Gasteiger partial charge is 0.263 e. The summed E-state index contributed by atoms with van der Waals surface area (Å²) in [6, 6.07) is 13.2. The number of carbonyl (C=O) groups excluding carboxylic acids is 1. The number of hydrogen-bond donors (Lipinski definition) is 1. The van der Waals surface area contributed by atoms with Gasteiger partial charge in [0.15, 0.2) is 5.16 Å². The van der Waals surface area contributed by atoms with Gasteiger partial charge >= 0.3 is 0 Å². The van der Waals surface area contributed by atoms with Gasteiger partial charge in [-0.2, -0.15) is 0 Å². The van der Waals surface area contributed by atoms with Crippen molar-refractivity contribution in [3.05, 3.63) is 76.6 Å². The molecule has 0 saturated carbocycles. The Morgan fingerprint density at radius 3 is 2.58 bits per heavy atom. The van der Waals surface area contributed by atoms with Crippen LogP contribution in [-0.4, -0.2) is 30.3 Å². The van der Waals surface area contributed by atoms with Crippen LogP contribution in [0.3, 0.4) is 0 Å². The fraction of sp³-hybridized carbons (Fsp3) is 0.217. The molecule has 2 heterocycles. The number of fused-ring (bicyclic) bond motifs is 3. The van der Waals surface area contributed by atoms with Crippen LogP contribution >= 0.6 is 11.8 Å². The molecule has 0 saturated heterocycles. The molecule has 0 spiro atoms. The van der Waals surface area contributed by atoms with Crippen molar-refractivity contribution in [1.29, 1.82) is 0 Å². The maximum Gasteiger partial charge on any atom is 0.263 e.